The molecule has 0 saturated carbocycles. The quantitative estimate of drug-likeness (QED) is 0.847. The molecule has 1 aliphatic heterocycles. The molecule has 96 valence electrons. The summed E-state index contributed by atoms with van der Waals surface area (Å²) in [7, 11) is 3.23. The molecular weight excluding hydrogens is 234 g/mol. The van der Waals surface area contributed by atoms with E-state index in [1.165, 1.54) is 13.3 Å². The molecular formula is C12H15N3O3. The molecule has 0 radical (unpaired) electrons. The third-order valence-corrected chi connectivity index (χ3v) is 2.92. The second-order valence-electron chi connectivity index (χ2n) is 4.25. The summed E-state index contributed by atoms with van der Waals surface area (Å²) in [6.45, 7) is 0.467. The predicted molar refractivity (Wildman–Crippen MR) is 65.2 cm³/mol. The number of rotatable bonds is 3. The number of methoxy groups -OCH3 is 1. The molecule has 0 aromatic carbocycles. The van der Waals surface area contributed by atoms with Gasteiger partial charge in [-0.15, -0.1) is 0 Å². The van der Waals surface area contributed by atoms with Crippen LogP contribution < -0.4 is 10.1 Å². The first-order valence-electron chi connectivity index (χ1n) is 5.65. The Labute approximate surface area is 105 Å². The number of amides is 2. The Kier molecular flexibility index (Phi) is 3.45. The topological polar surface area (TPSA) is 71.5 Å². The minimum absolute atomic E-state index is 0.00278. The Morgan fingerprint density at radius 2 is 2.33 bits per heavy atom. The third kappa shape index (κ3) is 2.58. The van der Waals surface area contributed by atoms with Gasteiger partial charge in [-0.05, 0) is 6.07 Å². The molecule has 1 N–H and O–H groups in total. The van der Waals surface area contributed by atoms with Crippen molar-refractivity contribution in [3.05, 3.63) is 18.3 Å². The van der Waals surface area contributed by atoms with Gasteiger partial charge in [-0.25, -0.2) is 4.98 Å². The number of hydrogen-bond acceptors (Lipinski definition) is 4. The van der Waals surface area contributed by atoms with Crippen molar-refractivity contribution in [3.63, 3.8) is 0 Å². The third-order valence-electron chi connectivity index (χ3n) is 2.92. The van der Waals surface area contributed by atoms with Crippen molar-refractivity contribution in [2.75, 3.05) is 26.0 Å². The van der Waals surface area contributed by atoms with Gasteiger partial charge in [0.15, 0.2) is 0 Å². The summed E-state index contributed by atoms with van der Waals surface area (Å²) in [5.41, 5.74) is 0.600. The Hall–Kier alpha value is -2.11. The molecule has 1 aromatic heterocycles. The van der Waals surface area contributed by atoms with E-state index in [4.69, 9.17) is 4.74 Å². The van der Waals surface area contributed by atoms with Gasteiger partial charge < -0.3 is 15.0 Å². The molecule has 0 spiro atoms. The summed E-state index contributed by atoms with van der Waals surface area (Å²) >= 11 is 0. The maximum atomic E-state index is 11.9. The van der Waals surface area contributed by atoms with Gasteiger partial charge in [0.05, 0.1) is 24.9 Å². The summed E-state index contributed by atoms with van der Waals surface area (Å²) in [5.74, 6) is 0.0519. The van der Waals surface area contributed by atoms with E-state index in [0.29, 0.717) is 18.1 Å². The minimum Gasteiger partial charge on any atom is -0.481 e. The fourth-order valence-corrected chi connectivity index (χ4v) is 1.86. The number of carbonyl (C=O) groups excluding carboxylic acids is 2. The van der Waals surface area contributed by atoms with E-state index < -0.39 is 0 Å². The van der Waals surface area contributed by atoms with Crippen molar-refractivity contribution in [1.82, 2.24) is 9.88 Å². The van der Waals surface area contributed by atoms with Gasteiger partial charge in [0.2, 0.25) is 17.7 Å². The van der Waals surface area contributed by atoms with Crippen LogP contribution in [-0.4, -0.2) is 42.4 Å². The highest BCUT2D eigenvalue weighted by molar-refractivity contribution is 5.97. The van der Waals surface area contributed by atoms with Gasteiger partial charge in [0, 0.05) is 26.1 Å². The zero-order chi connectivity index (χ0) is 13.1. The lowest BCUT2D eigenvalue weighted by Crippen LogP contribution is -2.25. The van der Waals surface area contributed by atoms with Gasteiger partial charge in [0.25, 0.3) is 0 Å². The highest BCUT2D eigenvalue weighted by Gasteiger charge is 2.32. The molecule has 1 aliphatic rings. The van der Waals surface area contributed by atoms with E-state index in [1.807, 2.05) is 0 Å². The number of aromatic nitrogens is 1. The first-order valence-corrected chi connectivity index (χ1v) is 5.65. The molecule has 1 aromatic rings. The van der Waals surface area contributed by atoms with Crippen LogP contribution in [0.2, 0.25) is 0 Å². The Bertz CT molecular complexity index is 458. The molecule has 1 fully saturated rings. The van der Waals surface area contributed by atoms with Crippen molar-refractivity contribution in [2.45, 2.75) is 6.42 Å². The Morgan fingerprint density at radius 3 is 2.83 bits per heavy atom. The highest BCUT2D eigenvalue weighted by Crippen LogP contribution is 2.18. The molecule has 6 nitrogen and oxygen atoms in total. The van der Waals surface area contributed by atoms with Crippen molar-refractivity contribution in [3.8, 4) is 5.88 Å². The van der Waals surface area contributed by atoms with Gasteiger partial charge in [-0.2, -0.15) is 0 Å². The fourth-order valence-electron chi connectivity index (χ4n) is 1.86. The normalized spacial score (nSPS) is 18.9. The highest BCUT2D eigenvalue weighted by atomic mass is 16.5. The van der Waals surface area contributed by atoms with Crippen LogP contribution in [0.1, 0.15) is 6.42 Å². The zero-order valence-corrected chi connectivity index (χ0v) is 10.3. The fraction of sp³-hybridized carbons (Fsp3) is 0.417. The molecule has 1 atom stereocenters. The predicted octanol–water partition coefficient (Wildman–Crippen LogP) is 0.507. The summed E-state index contributed by atoms with van der Waals surface area (Å²) in [6.07, 6.45) is 1.79. The number of ether oxygens (including phenoxy) is 1. The van der Waals surface area contributed by atoms with Gasteiger partial charge in [-0.1, -0.05) is 0 Å². The first kappa shape index (κ1) is 12.3. The van der Waals surface area contributed by atoms with Gasteiger partial charge in [0.1, 0.15) is 0 Å². The number of pyridine rings is 1. The SMILES string of the molecule is COc1ccc(NC(=O)[C@@H]2CC(=O)N(C)C2)cn1. The molecule has 0 aliphatic carbocycles. The minimum atomic E-state index is -0.287. The van der Waals surface area contributed by atoms with Crippen molar-refractivity contribution in [1.29, 1.82) is 0 Å². The Morgan fingerprint density at radius 1 is 1.56 bits per heavy atom. The summed E-state index contributed by atoms with van der Waals surface area (Å²) < 4.78 is 4.93. The van der Waals surface area contributed by atoms with Gasteiger partial charge >= 0.3 is 0 Å². The van der Waals surface area contributed by atoms with E-state index in [1.54, 1.807) is 24.1 Å². The number of nitrogens with zero attached hydrogens (tertiary/aromatic N) is 2. The summed E-state index contributed by atoms with van der Waals surface area (Å²) in [4.78, 5) is 28.8. The van der Waals surface area contributed by atoms with Crippen LogP contribution in [0, 0.1) is 5.92 Å². The lowest BCUT2D eigenvalue weighted by atomic mass is 10.1. The maximum Gasteiger partial charge on any atom is 0.229 e. The summed E-state index contributed by atoms with van der Waals surface area (Å²) in [5, 5.41) is 2.74. The van der Waals surface area contributed by atoms with Crippen molar-refractivity contribution >= 4 is 17.5 Å². The number of carbonyl (C=O) groups is 2. The number of nitrogens with one attached hydrogen (secondary N) is 1. The number of likely N-dealkylation sites (tertiary alicyclic amines) is 1. The smallest absolute Gasteiger partial charge is 0.229 e. The molecule has 0 unspecified atom stereocenters. The molecule has 18 heavy (non-hydrogen) atoms. The molecule has 2 amide bonds. The molecule has 0 bridgehead atoms. The largest absolute Gasteiger partial charge is 0.481 e. The average Bonchev–Trinajstić information content (AvgIpc) is 2.71. The lowest BCUT2D eigenvalue weighted by molar-refractivity contribution is -0.127. The maximum absolute atomic E-state index is 11.9. The number of anilines is 1. The molecule has 2 rings (SSSR count). The lowest BCUT2D eigenvalue weighted by Gasteiger charge is -2.11. The second-order valence-corrected chi connectivity index (χ2v) is 4.25. The average molecular weight is 249 g/mol. The van der Waals surface area contributed by atoms with E-state index in [0.717, 1.165) is 0 Å². The van der Waals surface area contributed by atoms with E-state index in [2.05, 4.69) is 10.3 Å². The summed E-state index contributed by atoms with van der Waals surface area (Å²) in [6, 6.07) is 3.38. The van der Waals surface area contributed by atoms with E-state index in [-0.39, 0.29) is 24.2 Å². The molecule has 6 heteroatoms. The van der Waals surface area contributed by atoms with Crippen LogP contribution in [0.25, 0.3) is 0 Å². The van der Waals surface area contributed by atoms with Crippen LogP contribution in [0.3, 0.4) is 0 Å². The molecule has 1 saturated heterocycles. The van der Waals surface area contributed by atoms with Crippen LogP contribution in [-0.2, 0) is 9.59 Å². The monoisotopic (exact) mass is 249 g/mol. The number of hydrogen-bond donors (Lipinski definition) is 1. The van der Waals surface area contributed by atoms with Gasteiger partial charge in [-0.3, -0.25) is 9.59 Å². The van der Waals surface area contributed by atoms with E-state index in [9.17, 15) is 9.59 Å². The molecule has 2 heterocycles. The van der Waals surface area contributed by atoms with Crippen LogP contribution in [0.5, 0.6) is 5.88 Å². The second kappa shape index (κ2) is 5.03. The van der Waals surface area contributed by atoms with Crippen LogP contribution in [0.4, 0.5) is 5.69 Å². The Balaban J connectivity index is 1.96. The van der Waals surface area contributed by atoms with Crippen molar-refractivity contribution < 1.29 is 14.3 Å². The standard InChI is InChI=1S/C12H15N3O3/c1-15-7-8(5-11(15)16)12(17)14-9-3-4-10(18-2)13-6-9/h3-4,6,8H,5,7H2,1-2H3,(H,14,17)/t8-/m1/s1. The van der Waals surface area contributed by atoms with Crippen LogP contribution in [0.15, 0.2) is 18.3 Å². The van der Waals surface area contributed by atoms with Crippen LogP contribution >= 0.6 is 0 Å². The van der Waals surface area contributed by atoms with Crippen molar-refractivity contribution in [2.24, 2.45) is 5.92 Å². The first-order chi connectivity index (χ1) is 8.60. The zero-order valence-electron chi connectivity index (χ0n) is 10.3. The van der Waals surface area contributed by atoms with E-state index >= 15 is 0 Å².